The Balaban J connectivity index is 1.57. The topological polar surface area (TPSA) is 44.8 Å². The van der Waals surface area contributed by atoms with Gasteiger partial charge in [0.25, 0.3) is 0 Å². The molecule has 2 aromatic carbocycles. The van der Waals surface area contributed by atoms with Crippen LogP contribution < -0.4 is 0 Å². The van der Waals surface area contributed by atoms with Gasteiger partial charge >= 0.3 is 0 Å². The van der Waals surface area contributed by atoms with Crippen molar-refractivity contribution in [3.63, 3.8) is 0 Å². The number of ether oxygens (including phenoxy) is 3. The average molecular weight is 489 g/mol. The van der Waals surface area contributed by atoms with Crippen LogP contribution in [0.4, 0.5) is 0 Å². The summed E-state index contributed by atoms with van der Waals surface area (Å²) in [4.78, 5) is 12.6. The van der Waals surface area contributed by atoms with Crippen molar-refractivity contribution in [2.75, 3.05) is 6.61 Å². The van der Waals surface area contributed by atoms with Crippen molar-refractivity contribution in [1.82, 2.24) is 0 Å². The summed E-state index contributed by atoms with van der Waals surface area (Å²) >= 11 is 0. The molecular formula is C32H40O4. The summed E-state index contributed by atoms with van der Waals surface area (Å²) in [6.07, 6.45) is 10.2. The van der Waals surface area contributed by atoms with Gasteiger partial charge in [0, 0.05) is 0 Å². The van der Waals surface area contributed by atoms with Crippen LogP contribution in [0.1, 0.15) is 57.1 Å². The quantitative estimate of drug-likeness (QED) is 0.197. The molecule has 0 spiro atoms. The minimum absolute atomic E-state index is 0.0302. The van der Waals surface area contributed by atoms with Crippen molar-refractivity contribution in [1.29, 1.82) is 0 Å². The van der Waals surface area contributed by atoms with Gasteiger partial charge in [-0.25, -0.2) is 0 Å². The van der Waals surface area contributed by atoms with Crippen LogP contribution in [0.15, 0.2) is 96.6 Å². The lowest BCUT2D eigenvalue weighted by Crippen LogP contribution is -2.28. The van der Waals surface area contributed by atoms with E-state index in [9.17, 15) is 4.79 Å². The Hall–Kier alpha value is -2.79. The van der Waals surface area contributed by atoms with E-state index in [0.29, 0.717) is 31.0 Å². The molecule has 3 rings (SSSR count). The van der Waals surface area contributed by atoms with E-state index in [0.717, 1.165) is 43.2 Å². The van der Waals surface area contributed by atoms with Gasteiger partial charge in [-0.1, -0.05) is 98.8 Å². The van der Waals surface area contributed by atoms with E-state index in [1.165, 1.54) is 0 Å². The third-order valence-corrected chi connectivity index (χ3v) is 6.37. The van der Waals surface area contributed by atoms with Crippen LogP contribution >= 0.6 is 0 Å². The van der Waals surface area contributed by atoms with Crippen molar-refractivity contribution in [2.45, 2.75) is 77.5 Å². The van der Waals surface area contributed by atoms with Crippen molar-refractivity contribution < 1.29 is 19.0 Å². The fourth-order valence-electron chi connectivity index (χ4n) is 4.20. The normalized spacial score (nSPS) is 19.0. The first-order valence-corrected chi connectivity index (χ1v) is 13.1. The monoisotopic (exact) mass is 488 g/mol. The number of carbonyl (C=O) groups excluding carboxylic acids is 1. The minimum atomic E-state index is -0.216. The van der Waals surface area contributed by atoms with Crippen LogP contribution in [0.5, 0.6) is 0 Å². The molecule has 4 heteroatoms. The zero-order valence-corrected chi connectivity index (χ0v) is 21.7. The lowest BCUT2D eigenvalue weighted by Gasteiger charge is -2.22. The molecule has 4 nitrogen and oxygen atoms in total. The summed E-state index contributed by atoms with van der Waals surface area (Å²) in [6, 6.07) is 20.3. The number of rotatable bonds is 15. The zero-order valence-electron chi connectivity index (χ0n) is 21.7. The number of carbonyl (C=O) groups is 1. The van der Waals surface area contributed by atoms with Crippen LogP contribution in [0, 0.1) is 0 Å². The molecule has 0 unspecified atom stereocenters. The molecule has 1 saturated heterocycles. The smallest absolute Gasteiger partial charge is 0.184 e. The van der Waals surface area contributed by atoms with E-state index in [4.69, 9.17) is 14.2 Å². The van der Waals surface area contributed by atoms with Crippen molar-refractivity contribution >= 4 is 5.78 Å². The highest BCUT2D eigenvalue weighted by Gasteiger charge is 2.31. The molecule has 1 fully saturated rings. The van der Waals surface area contributed by atoms with E-state index in [1.54, 1.807) is 0 Å². The summed E-state index contributed by atoms with van der Waals surface area (Å²) < 4.78 is 18.5. The van der Waals surface area contributed by atoms with E-state index in [1.807, 2.05) is 61.5 Å². The van der Waals surface area contributed by atoms with Gasteiger partial charge in [-0.3, -0.25) is 4.79 Å². The molecule has 0 aliphatic carbocycles. The molecular weight excluding hydrogens is 448 g/mol. The second-order valence-electron chi connectivity index (χ2n) is 9.41. The first-order valence-electron chi connectivity index (χ1n) is 13.1. The van der Waals surface area contributed by atoms with Crippen LogP contribution in [-0.4, -0.2) is 30.7 Å². The Labute approximate surface area is 216 Å². The summed E-state index contributed by atoms with van der Waals surface area (Å²) in [5.41, 5.74) is 3.64. The third kappa shape index (κ3) is 9.34. The Morgan fingerprint density at radius 2 is 1.72 bits per heavy atom. The maximum atomic E-state index is 12.6. The molecule has 1 heterocycles. The summed E-state index contributed by atoms with van der Waals surface area (Å²) in [7, 11) is 0. The molecule has 192 valence electrons. The molecule has 0 aromatic heterocycles. The molecule has 0 bridgehead atoms. The van der Waals surface area contributed by atoms with Crippen LogP contribution in [0.3, 0.4) is 0 Å². The highest BCUT2D eigenvalue weighted by atomic mass is 16.6. The van der Waals surface area contributed by atoms with E-state index < -0.39 is 0 Å². The zero-order chi connectivity index (χ0) is 25.6. The largest absolute Gasteiger partial charge is 0.374 e. The number of benzene rings is 2. The van der Waals surface area contributed by atoms with Gasteiger partial charge < -0.3 is 14.2 Å². The lowest BCUT2D eigenvalue weighted by molar-refractivity contribution is -0.112. The van der Waals surface area contributed by atoms with E-state index in [-0.39, 0.29) is 24.1 Å². The Morgan fingerprint density at radius 3 is 2.39 bits per heavy atom. The fourth-order valence-corrected chi connectivity index (χ4v) is 4.20. The van der Waals surface area contributed by atoms with Crippen LogP contribution in [0.2, 0.25) is 0 Å². The minimum Gasteiger partial charge on any atom is -0.374 e. The molecule has 2 aromatic rings. The second kappa shape index (κ2) is 15.4. The van der Waals surface area contributed by atoms with Gasteiger partial charge in [0.1, 0.15) is 6.10 Å². The van der Waals surface area contributed by atoms with Gasteiger partial charge in [0.05, 0.1) is 32.0 Å². The molecule has 1 aliphatic rings. The molecule has 0 amide bonds. The van der Waals surface area contributed by atoms with Gasteiger partial charge in [-0.05, 0) is 54.9 Å². The van der Waals surface area contributed by atoms with Gasteiger partial charge in [-0.2, -0.15) is 0 Å². The Morgan fingerprint density at radius 1 is 1.06 bits per heavy atom. The summed E-state index contributed by atoms with van der Waals surface area (Å²) in [5, 5.41) is 0. The lowest BCUT2D eigenvalue weighted by atomic mass is 10.0. The Bertz CT molecular complexity index is 993. The average Bonchev–Trinajstić information content (AvgIpc) is 3.38. The van der Waals surface area contributed by atoms with Gasteiger partial charge in [0.2, 0.25) is 0 Å². The second-order valence-corrected chi connectivity index (χ2v) is 9.41. The maximum absolute atomic E-state index is 12.6. The van der Waals surface area contributed by atoms with Crippen molar-refractivity contribution in [2.24, 2.45) is 0 Å². The summed E-state index contributed by atoms with van der Waals surface area (Å²) in [5.74, 6) is 0.0302. The first kappa shape index (κ1) is 27.8. The molecule has 0 N–H and O–H groups in total. The standard InChI is InChI=1S/C32H40O4/c1-4-5-13-25(2)32(33)26(3)14-12-19-30(35-23-28-17-10-7-11-18-28)31-21-20-29(36-31)24-34-22-27-15-8-6-9-16-27/h6-12,14-19,29-31H,2,4-5,13,20-24H2,1,3H3/b19-12+,26-14+/t29-,30-,31-/m1/s1. The highest BCUT2D eigenvalue weighted by Crippen LogP contribution is 2.26. The van der Waals surface area contributed by atoms with E-state index in [2.05, 4.69) is 37.8 Å². The van der Waals surface area contributed by atoms with E-state index >= 15 is 0 Å². The van der Waals surface area contributed by atoms with Crippen molar-refractivity contribution in [3.05, 3.63) is 108 Å². The van der Waals surface area contributed by atoms with Crippen LogP contribution in [-0.2, 0) is 32.2 Å². The maximum Gasteiger partial charge on any atom is 0.184 e. The Kier molecular flexibility index (Phi) is 11.9. The van der Waals surface area contributed by atoms with Crippen LogP contribution in [0.25, 0.3) is 0 Å². The number of allylic oxidation sites excluding steroid dienone is 4. The number of hydrogen-bond acceptors (Lipinski definition) is 4. The fraction of sp³-hybridized carbons (Fsp3) is 0.406. The summed E-state index contributed by atoms with van der Waals surface area (Å²) in [6.45, 7) is 9.57. The van der Waals surface area contributed by atoms with Crippen molar-refractivity contribution in [3.8, 4) is 0 Å². The molecule has 3 atom stereocenters. The molecule has 1 aliphatic heterocycles. The third-order valence-electron chi connectivity index (χ3n) is 6.37. The molecule has 0 saturated carbocycles. The number of Topliss-reactive ketones (excluding diaryl/α,β-unsaturated/α-hetero) is 1. The number of ketones is 1. The highest BCUT2D eigenvalue weighted by molar-refractivity contribution is 6.07. The van der Waals surface area contributed by atoms with Gasteiger partial charge in [0.15, 0.2) is 5.78 Å². The van der Waals surface area contributed by atoms with Gasteiger partial charge in [-0.15, -0.1) is 0 Å². The predicted molar refractivity (Wildman–Crippen MR) is 146 cm³/mol. The predicted octanol–water partition coefficient (Wildman–Crippen LogP) is 7.15. The molecule has 36 heavy (non-hydrogen) atoms. The SMILES string of the molecule is C=C(CCCC)C(=O)/C(C)=C/C=C/[C@@H](OCc1ccccc1)[C@H]1CC[C@H](COCc2ccccc2)O1. The number of unbranched alkanes of at least 4 members (excludes halogenated alkanes) is 1. The number of hydrogen-bond donors (Lipinski definition) is 0. The molecule has 0 radical (unpaired) electrons. The first-order chi connectivity index (χ1) is 17.6.